The van der Waals surface area contributed by atoms with Crippen LogP contribution in [0.25, 0.3) is 0 Å². The Kier molecular flexibility index (Phi) is 4.29. The summed E-state index contributed by atoms with van der Waals surface area (Å²) in [7, 11) is 0. The molecule has 24 heavy (non-hydrogen) atoms. The predicted molar refractivity (Wildman–Crippen MR) is 102 cm³/mol. The summed E-state index contributed by atoms with van der Waals surface area (Å²) in [5, 5.41) is 20.5. The molecule has 2 rings (SSSR count). The van der Waals surface area contributed by atoms with Crippen LogP contribution in [0.5, 0.6) is 5.75 Å². The van der Waals surface area contributed by atoms with E-state index in [1.165, 1.54) is 0 Å². The van der Waals surface area contributed by atoms with E-state index in [-0.39, 0.29) is 29.6 Å². The van der Waals surface area contributed by atoms with Crippen molar-refractivity contribution in [3.8, 4) is 5.75 Å². The van der Waals surface area contributed by atoms with Crippen molar-refractivity contribution in [3.63, 3.8) is 0 Å². The minimum absolute atomic E-state index is 0.163. The van der Waals surface area contributed by atoms with E-state index in [1.54, 1.807) is 6.07 Å². The number of rotatable bonds is 8. The van der Waals surface area contributed by atoms with Crippen LogP contribution in [-0.2, 0) is 5.41 Å². The van der Waals surface area contributed by atoms with E-state index < -0.39 is 19.6 Å². The first-order valence-corrected chi connectivity index (χ1v) is 9.10. The molecule has 1 aliphatic carbocycles. The number of phenolic OH excluding ortho intramolecular Hbond substituents is 1. The Balaban J connectivity index is 1.97. The molecular formula is C22H36O2. The number of aromatic hydroxyl groups is 1. The summed E-state index contributed by atoms with van der Waals surface area (Å²) in [6.45, 7) is 1.08. The molecule has 136 valence electrons. The Hall–Kier alpha value is -1.02. The van der Waals surface area contributed by atoms with E-state index in [1.807, 2.05) is 26.0 Å². The van der Waals surface area contributed by atoms with Gasteiger partial charge in [0.15, 0.2) is 0 Å². The standard InChI is InChI=1S/C22H36O2/c1-4-5-6-7-8-14-22(2,3)18-12-13-20(21(24)16-18)17-10-9-11-19(23)15-17/h12-13,16-17,19,23-24H,4-11,14-15H2,1-3H3/t17-,19+/m0/s1/i1D3,4D2,5D2. The Bertz CT molecular complexity index is 744. The number of hydrogen-bond donors (Lipinski definition) is 2. The first-order valence-electron chi connectivity index (χ1n) is 12.6. The molecule has 1 fully saturated rings. The summed E-state index contributed by atoms with van der Waals surface area (Å²) in [5.41, 5.74) is 1.56. The van der Waals surface area contributed by atoms with E-state index in [4.69, 9.17) is 9.60 Å². The molecule has 0 unspecified atom stereocenters. The van der Waals surface area contributed by atoms with Crippen molar-refractivity contribution in [1.29, 1.82) is 0 Å². The number of hydrogen-bond acceptors (Lipinski definition) is 2. The fourth-order valence-electron chi connectivity index (χ4n) is 3.74. The molecule has 0 spiro atoms. The van der Waals surface area contributed by atoms with E-state index in [0.29, 0.717) is 25.7 Å². The van der Waals surface area contributed by atoms with Gasteiger partial charge in [-0.2, -0.15) is 0 Å². The number of aliphatic hydroxyl groups is 1. The molecule has 1 aliphatic rings. The Morgan fingerprint density at radius 1 is 1.25 bits per heavy atom. The van der Waals surface area contributed by atoms with Crippen LogP contribution in [0.3, 0.4) is 0 Å². The van der Waals surface area contributed by atoms with Gasteiger partial charge in [-0.3, -0.25) is 0 Å². The molecule has 0 saturated heterocycles. The van der Waals surface area contributed by atoms with Crippen molar-refractivity contribution in [2.45, 2.75) is 102 Å². The van der Waals surface area contributed by atoms with E-state index in [9.17, 15) is 10.2 Å². The van der Waals surface area contributed by atoms with Gasteiger partial charge in [-0.25, -0.2) is 0 Å². The van der Waals surface area contributed by atoms with Crippen molar-refractivity contribution in [3.05, 3.63) is 29.3 Å². The maximum atomic E-state index is 10.6. The van der Waals surface area contributed by atoms with Crippen molar-refractivity contribution < 1.29 is 19.8 Å². The van der Waals surface area contributed by atoms with Crippen molar-refractivity contribution >= 4 is 0 Å². The van der Waals surface area contributed by atoms with Gasteiger partial charge in [0, 0.05) is 9.60 Å². The number of phenols is 1. The van der Waals surface area contributed by atoms with Crippen LogP contribution in [0.1, 0.15) is 111 Å². The highest BCUT2D eigenvalue weighted by atomic mass is 16.3. The topological polar surface area (TPSA) is 40.5 Å². The third kappa shape index (κ3) is 5.24. The molecule has 0 aliphatic heterocycles. The van der Waals surface area contributed by atoms with Gasteiger partial charge in [-0.15, -0.1) is 0 Å². The van der Waals surface area contributed by atoms with Gasteiger partial charge in [0.1, 0.15) is 5.75 Å². The summed E-state index contributed by atoms with van der Waals surface area (Å²) in [6, 6.07) is 5.73. The summed E-state index contributed by atoms with van der Waals surface area (Å²) in [5.74, 6) is 0.406. The minimum Gasteiger partial charge on any atom is -0.508 e. The van der Waals surface area contributed by atoms with E-state index in [2.05, 4.69) is 0 Å². The predicted octanol–water partition coefficient (Wildman–Crippen LogP) is 6.05. The molecule has 2 N–H and O–H groups in total. The molecular weight excluding hydrogens is 296 g/mol. The second-order valence-electron chi connectivity index (χ2n) is 7.68. The number of unbranched alkanes of at least 4 members (excludes halogenated alkanes) is 1. The first kappa shape index (κ1) is 11.6. The molecule has 0 aromatic heterocycles. The monoisotopic (exact) mass is 339 g/mol. The lowest BCUT2D eigenvalue weighted by Gasteiger charge is -2.29. The van der Waals surface area contributed by atoms with Crippen LogP contribution in [0, 0.1) is 0 Å². The molecule has 0 bridgehead atoms. The molecule has 2 atom stereocenters. The van der Waals surface area contributed by atoms with Crippen molar-refractivity contribution in [2.24, 2.45) is 0 Å². The SMILES string of the molecule is [2H]C([2H])([2H])C([2H])([2H])C([2H])([2H])CCCCC(C)(C)c1ccc([C@H]2CCC[C@@H](O)C2)c(O)c1. The zero-order valence-electron chi connectivity index (χ0n) is 21.9. The molecule has 0 heterocycles. The van der Waals surface area contributed by atoms with Crippen LogP contribution < -0.4 is 0 Å². The summed E-state index contributed by atoms with van der Waals surface area (Å²) in [4.78, 5) is 0. The molecule has 2 nitrogen and oxygen atoms in total. The maximum absolute atomic E-state index is 10.6. The van der Waals surface area contributed by atoms with Crippen LogP contribution in [0.15, 0.2) is 18.2 Å². The van der Waals surface area contributed by atoms with Crippen molar-refractivity contribution in [1.82, 2.24) is 0 Å². The number of benzene rings is 1. The Labute approximate surface area is 158 Å². The molecule has 0 radical (unpaired) electrons. The zero-order chi connectivity index (χ0) is 23.7. The van der Waals surface area contributed by atoms with Crippen LogP contribution in [0.4, 0.5) is 0 Å². The lowest BCUT2D eigenvalue weighted by atomic mass is 9.77. The van der Waals surface area contributed by atoms with Gasteiger partial charge in [-0.05, 0) is 54.2 Å². The van der Waals surface area contributed by atoms with Gasteiger partial charge in [-0.1, -0.05) is 71.3 Å². The maximum Gasteiger partial charge on any atom is 0.119 e. The molecule has 2 heteroatoms. The van der Waals surface area contributed by atoms with Crippen LogP contribution in [-0.4, -0.2) is 16.3 Å². The lowest BCUT2D eigenvalue weighted by molar-refractivity contribution is 0.119. The fraction of sp³-hybridized carbons (Fsp3) is 0.727. The van der Waals surface area contributed by atoms with E-state index >= 15 is 0 Å². The van der Waals surface area contributed by atoms with E-state index in [0.717, 1.165) is 30.4 Å². The van der Waals surface area contributed by atoms with Gasteiger partial charge in [0.25, 0.3) is 0 Å². The highest BCUT2D eigenvalue weighted by molar-refractivity contribution is 5.41. The second-order valence-corrected chi connectivity index (χ2v) is 7.68. The summed E-state index contributed by atoms with van der Waals surface area (Å²) >= 11 is 0. The van der Waals surface area contributed by atoms with Gasteiger partial charge in [0.2, 0.25) is 0 Å². The molecule has 1 aromatic rings. The number of aliphatic hydroxyl groups excluding tert-OH is 1. The smallest absolute Gasteiger partial charge is 0.119 e. The first-order chi connectivity index (χ1) is 14.1. The molecule has 0 amide bonds. The zero-order valence-corrected chi connectivity index (χ0v) is 14.9. The Morgan fingerprint density at radius 3 is 2.79 bits per heavy atom. The third-order valence-corrected chi connectivity index (χ3v) is 5.34. The summed E-state index contributed by atoms with van der Waals surface area (Å²) < 4.78 is 53.1. The Morgan fingerprint density at radius 2 is 2.08 bits per heavy atom. The largest absolute Gasteiger partial charge is 0.508 e. The van der Waals surface area contributed by atoms with Gasteiger partial charge < -0.3 is 10.2 Å². The molecule has 1 saturated carbocycles. The van der Waals surface area contributed by atoms with Gasteiger partial charge >= 0.3 is 0 Å². The van der Waals surface area contributed by atoms with Crippen LogP contribution in [0.2, 0.25) is 0 Å². The second kappa shape index (κ2) is 8.89. The quantitative estimate of drug-likeness (QED) is 0.566. The normalized spacial score (nSPS) is 27.9. The average Bonchev–Trinajstić information content (AvgIpc) is 2.64. The highest BCUT2D eigenvalue weighted by Crippen LogP contribution is 2.40. The fourth-order valence-corrected chi connectivity index (χ4v) is 3.74. The summed E-state index contributed by atoms with van der Waals surface area (Å²) in [6.07, 6.45) is -0.745. The average molecular weight is 340 g/mol. The lowest BCUT2D eigenvalue weighted by Crippen LogP contribution is -2.19. The highest BCUT2D eigenvalue weighted by Gasteiger charge is 2.26. The van der Waals surface area contributed by atoms with Crippen molar-refractivity contribution in [2.75, 3.05) is 0 Å². The third-order valence-electron chi connectivity index (χ3n) is 5.34. The minimum atomic E-state index is -3.01. The van der Waals surface area contributed by atoms with Crippen LogP contribution >= 0.6 is 0 Å². The van der Waals surface area contributed by atoms with Gasteiger partial charge in [0.05, 0.1) is 6.10 Å². The molecule has 1 aromatic carbocycles.